The molecule has 1 heterocycles. The van der Waals surface area contributed by atoms with E-state index in [1.165, 1.54) is 24.2 Å². The first-order chi connectivity index (χ1) is 13.6. The van der Waals surface area contributed by atoms with E-state index in [0.717, 1.165) is 18.4 Å². The molecule has 0 unspecified atom stereocenters. The molecule has 3 rings (SSSR count). The zero-order chi connectivity index (χ0) is 19.9. The molecule has 0 aliphatic heterocycles. The predicted octanol–water partition coefficient (Wildman–Crippen LogP) is 4.54. The Morgan fingerprint density at radius 3 is 2.61 bits per heavy atom. The quantitative estimate of drug-likeness (QED) is 0.566. The average Bonchev–Trinajstić information content (AvgIpc) is 3.16. The summed E-state index contributed by atoms with van der Waals surface area (Å²) in [5.74, 6) is -0.455. The zero-order valence-corrected chi connectivity index (χ0v) is 16.7. The van der Waals surface area contributed by atoms with E-state index in [1.807, 2.05) is 37.3 Å². The SMILES string of the molecule is CCC[C@@H](NC(=O)[C@H](C)Sc1nncn1-c1ccccc1F)c1ccccc1. The zero-order valence-electron chi connectivity index (χ0n) is 15.9. The maximum atomic E-state index is 14.1. The Kier molecular flexibility index (Phi) is 6.81. The van der Waals surface area contributed by atoms with Crippen LogP contribution in [0.4, 0.5) is 4.39 Å². The second-order valence-corrected chi connectivity index (χ2v) is 7.76. The van der Waals surface area contributed by atoms with Crippen LogP contribution in [0, 0.1) is 5.82 Å². The molecule has 0 saturated carbocycles. The molecule has 0 radical (unpaired) electrons. The highest BCUT2D eigenvalue weighted by Crippen LogP contribution is 2.26. The summed E-state index contributed by atoms with van der Waals surface area (Å²) in [6, 6.07) is 16.3. The predicted molar refractivity (Wildman–Crippen MR) is 109 cm³/mol. The number of carbonyl (C=O) groups excluding carboxylic acids is 1. The van der Waals surface area contributed by atoms with Gasteiger partial charge in [-0.25, -0.2) is 4.39 Å². The summed E-state index contributed by atoms with van der Waals surface area (Å²) in [6.07, 6.45) is 3.27. The summed E-state index contributed by atoms with van der Waals surface area (Å²) in [5.41, 5.74) is 1.44. The number of thioether (sulfide) groups is 1. The third-order valence-electron chi connectivity index (χ3n) is 4.38. The molecular weight excluding hydrogens is 375 g/mol. The second-order valence-electron chi connectivity index (χ2n) is 6.46. The lowest BCUT2D eigenvalue weighted by atomic mass is 10.0. The summed E-state index contributed by atoms with van der Waals surface area (Å²) in [7, 11) is 0. The molecule has 5 nitrogen and oxygen atoms in total. The van der Waals surface area contributed by atoms with Crippen LogP contribution in [0.15, 0.2) is 66.1 Å². The first kappa shape index (κ1) is 20.1. The Balaban J connectivity index is 1.71. The number of hydrogen-bond acceptors (Lipinski definition) is 4. The van der Waals surface area contributed by atoms with E-state index in [2.05, 4.69) is 22.4 Å². The lowest BCUT2D eigenvalue weighted by molar-refractivity contribution is -0.121. The highest BCUT2D eigenvalue weighted by Gasteiger charge is 2.22. The maximum absolute atomic E-state index is 14.1. The fourth-order valence-corrected chi connectivity index (χ4v) is 3.76. The van der Waals surface area contributed by atoms with Crippen LogP contribution in [0.5, 0.6) is 0 Å². The van der Waals surface area contributed by atoms with Gasteiger partial charge in [0.15, 0.2) is 5.16 Å². The van der Waals surface area contributed by atoms with E-state index in [-0.39, 0.29) is 17.8 Å². The molecule has 0 aliphatic rings. The highest BCUT2D eigenvalue weighted by molar-refractivity contribution is 8.00. The fraction of sp³-hybridized carbons (Fsp3) is 0.286. The Morgan fingerprint density at radius 1 is 1.18 bits per heavy atom. The van der Waals surface area contributed by atoms with Gasteiger partial charge in [-0.15, -0.1) is 10.2 Å². The van der Waals surface area contributed by atoms with Gasteiger partial charge in [0.25, 0.3) is 0 Å². The molecule has 146 valence electrons. The third-order valence-corrected chi connectivity index (χ3v) is 5.43. The second kappa shape index (κ2) is 9.50. The van der Waals surface area contributed by atoms with Gasteiger partial charge in [0.1, 0.15) is 12.1 Å². The minimum Gasteiger partial charge on any atom is -0.348 e. The molecule has 2 aromatic carbocycles. The number of amides is 1. The maximum Gasteiger partial charge on any atom is 0.233 e. The first-order valence-corrected chi connectivity index (χ1v) is 10.1. The van der Waals surface area contributed by atoms with Gasteiger partial charge >= 0.3 is 0 Å². The minimum absolute atomic E-state index is 0.0359. The topological polar surface area (TPSA) is 59.8 Å². The number of halogens is 1. The monoisotopic (exact) mass is 398 g/mol. The molecule has 7 heteroatoms. The van der Waals surface area contributed by atoms with Crippen molar-refractivity contribution in [2.45, 2.75) is 43.1 Å². The lowest BCUT2D eigenvalue weighted by Gasteiger charge is -2.21. The van der Waals surface area contributed by atoms with E-state index < -0.39 is 5.25 Å². The molecule has 1 aromatic heterocycles. The van der Waals surface area contributed by atoms with Crippen LogP contribution in [-0.4, -0.2) is 25.9 Å². The summed E-state index contributed by atoms with van der Waals surface area (Å²) in [6.45, 7) is 3.91. The van der Waals surface area contributed by atoms with Crippen molar-refractivity contribution in [1.29, 1.82) is 0 Å². The van der Waals surface area contributed by atoms with Gasteiger partial charge in [-0.1, -0.05) is 67.6 Å². The molecule has 2 atom stereocenters. The Labute approximate surface area is 168 Å². The average molecular weight is 399 g/mol. The number of para-hydroxylation sites is 1. The standard InChI is InChI=1S/C21H23FN4OS/c1-3-9-18(16-10-5-4-6-11-16)24-20(27)15(2)28-21-25-23-14-26(21)19-13-8-7-12-17(19)22/h4-8,10-15,18H,3,9H2,1-2H3,(H,24,27)/t15-,18+/m0/s1. The Bertz CT molecular complexity index is 916. The molecule has 0 fully saturated rings. The van der Waals surface area contributed by atoms with Crippen LogP contribution >= 0.6 is 11.8 Å². The molecule has 0 spiro atoms. The lowest BCUT2D eigenvalue weighted by Crippen LogP contribution is -2.34. The molecule has 0 aliphatic carbocycles. The third kappa shape index (κ3) is 4.78. The van der Waals surface area contributed by atoms with Crippen molar-refractivity contribution in [1.82, 2.24) is 20.1 Å². The molecular formula is C21H23FN4OS. The van der Waals surface area contributed by atoms with Crippen LogP contribution in [0.1, 0.15) is 38.3 Å². The van der Waals surface area contributed by atoms with Crippen molar-refractivity contribution >= 4 is 17.7 Å². The largest absolute Gasteiger partial charge is 0.348 e. The number of hydrogen-bond donors (Lipinski definition) is 1. The first-order valence-electron chi connectivity index (χ1n) is 9.27. The van der Waals surface area contributed by atoms with Crippen molar-refractivity contribution in [3.05, 3.63) is 72.3 Å². The molecule has 28 heavy (non-hydrogen) atoms. The molecule has 0 saturated heterocycles. The van der Waals surface area contributed by atoms with Gasteiger partial charge in [-0.3, -0.25) is 9.36 Å². The van der Waals surface area contributed by atoms with Crippen molar-refractivity contribution in [2.75, 3.05) is 0 Å². The normalized spacial score (nSPS) is 13.1. The van der Waals surface area contributed by atoms with Gasteiger partial charge in [0.05, 0.1) is 17.0 Å². The molecule has 3 aromatic rings. The number of nitrogens with zero attached hydrogens (tertiary/aromatic N) is 3. The van der Waals surface area contributed by atoms with E-state index in [4.69, 9.17) is 0 Å². The van der Waals surface area contributed by atoms with Crippen LogP contribution in [0.3, 0.4) is 0 Å². The number of benzene rings is 2. The van der Waals surface area contributed by atoms with E-state index in [9.17, 15) is 9.18 Å². The number of nitrogens with one attached hydrogen (secondary N) is 1. The summed E-state index contributed by atoms with van der Waals surface area (Å²) >= 11 is 1.25. The van der Waals surface area contributed by atoms with Crippen LogP contribution < -0.4 is 5.32 Å². The van der Waals surface area contributed by atoms with Crippen LogP contribution in [0.25, 0.3) is 5.69 Å². The van der Waals surface area contributed by atoms with Crippen LogP contribution in [-0.2, 0) is 4.79 Å². The molecule has 1 N–H and O–H groups in total. The number of rotatable bonds is 8. The van der Waals surface area contributed by atoms with Gasteiger partial charge in [0, 0.05) is 0 Å². The van der Waals surface area contributed by atoms with Gasteiger partial charge < -0.3 is 5.32 Å². The number of carbonyl (C=O) groups is 1. The van der Waals surface area contributed by atoms with Gasteiger partial charge in [-0.2, -0.15) is 0 Å². The molecule has 0 bridgehead atoms. The van der Waals surface area contributed by atoms with Gasteiger partial charge in [0.2, 0.25) is 5.91 Å². The summed E-state index contributed by atoms with van der Waals surface area (Å²) in [4.78, 5) is 12.8. The Hall–Kier alpha value is -2.67. The Morgan fingerprint density at radius 2 is 1.89 bits per heavy atom. The van der Waals surface area contributed by atoms with Gasteiger partial charge in [-0.05, 0) is 31.0 Å². The summed E-state index contributed by atoms with van der Waals surface area (Å²) in [5, 5.41) is 11.1. The van der Waals surface area contributed by atoms with Crippen LogP contribution in [0.2, 0.25) is 0 Å². The smallest absolute Gasteiger partial charge is 0.233 e. The van der Waals surface area contributed by atoms with Crippen molar-refractivity contribution < 1.29 is 9.18 Å². The summed E-state index contributed by atoms with van der Waals surface area (Å²) < 4.78 is 15.7. The van der Waals surface area contributed by atoms with E-state index >= 15 is 0 Å². The molecule has 1 amide bonds. The van der Waals surface area contributed by atoms with E-state index in [0.29, 0.717) is 10.8 Å². The van der Waals surface area contributed by atoms with Crippen molar-refractivity contribution in [3.8, 4) is 5.69 Å². The van der Waals surface area contributed by atoms with Crippen molar-refractivity contribution in [3.63, 3.8) is 0 Å². The number of aromatic nitrogens is 3. The fourth-order valence-electron chi connectivity index (χ4n) is 2.91. The van der Waals surface area contributed by atoms with Crippen molar-refractivity contribution in [2.24, 2.45) is 0 Å². The minimum atomic E-state index is -0.405. The van der Waals surface area contributed by atoms with E-state index in [1.54, 1.807) is 22.8 Å². The highest BCUT2D eigenvalue weighted by atomic mass is 32.2.